The monoisotopic (exact) mass is 632 g/mol. The molecular formula is C49H28O. The maximum absolute atomic E-state index is 6.51. The first-order valence-electron chi connectivity index (χ1n) is 17.4. The van der Waals surface area contributed by atoms with Gasteiger partial charge in [-0.25, -0.2) is 0 Å². The summed E-state index contributed by atoms with van der Waals surface area (Å²) in [6, 6.07) is 63.1. The molecule has 0 aromatic heterocycles. The first-order chi connectivity index (χ1) is 24.8. The molecule has 0 saturated carbocycles. The van der Waals surface area contributed by atoms with Crippen molar-refractivity contribution in [1.29, 1.82) is 0 Å². The summed E-state index contributed by atoms with van der Waals surface area (Å²) in [7, 11) is 0. The Morgan fingerprint density at radius 2 is 0.980 bits per heavy atom. The van der Waals surface area contributed by atoms with Gasteiger partial charge in [0, 0.05) is 10.9 Å². The zero-order valence-corrected chi connectivity index (χ0v) is 27.1. The molecule has 0 saturated heterocycles. The van der Waals surface area contributed by atoms with E-state index in [9.17, 15) is 0 Å². The SMILES string of the molecule is c1ccc2c(c1)Oc1ccc(-c3cccc4c3-c3ccccc3C43c4cc5ccccc5cc4-c4c3ccc3ccccc43)c3cccc-2c13. The highest BCUT2D eigenvalue weighted by Crippen LogP contribution is 2.65. The molecule has 1 aliphatic heterocycles. The lowest BCUT2D eigenvalue weighted by Crippen LogP contribution is -2.25. The second-order valence-electron chi connectivity index (χ2n) is 13.9. The molecular weight excluding hydrogens is 605 g/mol. The number of ether oxygens (including phenoxy) is 1. The minimum atomic E-state index is -0.449. The van der Waals surface area contributed by atoms with Gasteiger partial charge in [0.05, 0.1) is 5.41 Å². The highest BCUT2D eigenvalue weighted by Gasteiger charge is 2.52. The van der Waals surface area contributed by atoms with Gasteiger partial charge >= 0.3 is 0 Å². The van der Waals surface area contributed by atoms with E-state index in [0.29, 0.717) is 0 Å². The van der Waals surface area contributed by atoms with Crippen LogP contribution in [0, 0.1) is 0 Å². The van der Waals surface area contributed by atoms with Crippen molar-refractivity contribution in [3.8, 4) is 56.0 Å². The fourth-order valence-electron chi connectivity index (χ4n) is 9.73. The molecule has 9 aromatic rings. The second kappa shape index (κ2) is 9.37. The van der Waals surface area contributed by atoms with Crippen molar-refractivity contribution >= 4 is 32.3 Å². The van der Waals surface area contributed by atoms with E-state index in [1.807, 2.05) is 6.07 Å². The molecule has 0 radical (unpaired) electrons. The largest absolute Gasteiger partial charge is 0.456 e. The Kier molecular flexibility index (Phi) is 4.97. The summed E-state index contributed by atoms with van der Waals surface area (Å²) in [5.74, 6) is 1.83. The van der Waals surface area contributed by atoms with Gasteiger partial charge in [-0.1, -0.05) is 146 Å². The number of benzene rings is 9. The molecule has 0 fully saturated rings. The summed E-state index contributed by atoms with van der Waals surface area (Å²) in [4.78, 5) is 0. The molecule has 12 rings (SSSR count). The van der Waals surface area contributed by atoms with Crippen LogP contribution in [0.15, 0.2) is 170 Å². The van der Waals surface area contributed by atoms with E-state index in [-0.39, 0.29) is 0 Å². The van der Waals surface area contributed by atoms with Crippen LogP contribution in [0.3, 0.4) is 0 Å². The van der Waals surface area contributed by atoms with Crippen LogP contribution >= 0.6 is 0 Å². The zero-order valence-electron chi connectivity index (χ0n) is 27.1. The summed E-state index contributed by atoms with van der Waals surface area (Å²) in [5.41, 5.74) is 15.2. The van der Waals surface area contributed by atoms with Crippen molar-refractivity contribution in [2.45, 2.75) is 5.41 Å². The van der Waals surface area contributed by atoms with E-state index in [0.717, 1.165) is 17.1 Å². The summed E-state index contributed by atoms with van der Waals surface area (Å²) in [6.45, 7) is 0. The third-order valence-corrected chi connectivity index (χ3v) is 11.7. The van der Waals surface area contributed by atoms with Crippen molar-refractivity contribution in [1.82, 2.24) is 0 Å². The van der Waals surface area contributed by atoms with Crippen molar-refractivity contribution in [2.75, 3.05) is 0 Å². The molecule has 2 aliphatic carbocycles. The number of hydrogen-bond donors (Lipinski definition) is 0. The van der Waals surface area contributed by atoms with Crippen LogP contribution in [0.2, 0.25) is 0 Å². The standard InChI is InChI=1S/C49H28O/c1-2-13-31-28-43-39(27-30(31)12-1)46-32-14-4-3-11-29(32)23-25-42(46)49(43)40-20-7-5-16-38(40)47-35(19-10-21-41(47)49)33-24-26-45-48-36(33)17-9-18-37(48)34-15-6-8-22-44(34)50-45/h1-28H. The minimum Gasteiger partial charge on any atom is -0.456 e. The maximum atomic E-state index is 6.51. The Labute approximate surface area is 289 Å². The van der Waals surface area contributed by atoms with Gasteiger partial charge in [0.2, 0.25) is 0 Å². The summed E-state index contributed by atoms with van der Waals surface area (Å²) in [5, 5.41) is 7.52. The van der Waals surface area contributed by atoms with Crippen LogP contribution in [0.25, 0.3) is 76.8 Å². The van der Waals surface area contributed by atoms with Gasteiger partial charge in [0.1, 0.15) is 11.5 Å². The van der Waals surface area contributed by atoms with E-state index in [1.165, 1.54) is 93.5 Å². The summed E-state index contributed by atoms with van der Waals surface area (Å²) < 4.78 is 6.51. The van der Waals surface area contributed by atoms with Crippen molar-refractivity contribution in [3.63, 3.8) is 0 Å². The number of fused-ring (bicyclic) bond motifs is 15. The molecule has 230 valence electrons. The predicted octanol–water partition coefficient (Wildman–Crippen LogP) is 12.9. The van der Waals surface area contributed by atoms with Crippen molar-refractivity contribution in [2.24, 2.45) is 0 Å². The molecule has 1 unspecified atom stereocenters. The van der Waals surface area contributed by atoms with E-state index in [1.54, 1.807) is 0 Å². The van der Waals surface area contributed by atoms with Gasteiger partial charge in [-0.2, -0.15) is 0 Å². The molecule has 0 N–H and O–H groups in total. The molecule has 0 amide bonds. The molecule has 1 heteroatoms. The molecule has 1 nitrogen and oxygen atoms in total. The average Bonchev–Trinajstić information content (AvgIpc) is 3.64. The Morgan fingerprint density at radius 1 is 0.320 bits per heavy atom. The number of para-hydroxylation sites is 1. The van der Waals surface area contributed by atoms with Crippen LogP contribution in [-0.4, -0.2) is 0 Å². The lowest BCUT2D eigenvalue weighted by Gasteiger charge is -2.31. The van der Waals surface area contributed by atoms with E-state index in [4.69, 9.17) is 4.74 Å². The topological polar surface area (TPSA) is 9.23 Å². The molecule has 9 aromatic carbocycles. The van der Waals surface area contributed by atoms with Gasteiger partial charge in [-0.3, -0.25) is 0 Å². The van der Waals surface area contributed by atoms with Crippen LogP contribution in [-0.2, 0) is 5.41 Å². The summed E-state index contributed by atoms with van der Waals surface area (Å²) in [6.07, 6.45) is 0. The van der Waals surface area contributed by atoms with Crippen molar-refractivity contribution < 1.29 is 4.74 Å². The Morgan fingerprint density at radius 3 is 1.90 bits per heavy atom. The molecule has 1 heterocycles. The molecule has 1 spiro atoms. The molecule has 1 atom stereocenters. The predicted molar refractivity (Wildman–Crippen MR) is 206 cm³/mol. The molecule has 3 aliphatic rings. The lowest BCUT2D eigenvalue weighted by molar-refractivity contribution is 0.487. The quantitative estimate of drug-likeness (QED) is 0.175. The van der Waals surface area contributed by atoms with Gasteiger partial charge in [-0.05, 0) is 112 Å². The smallest absolute Gasteiger partial charge is 0.135 e. The van der Waals surface area contributed by atoms with E-state index >= 15 is 0 Å². The molecule has 0 bridgehead atoms. The third kappa shape index (κ3) is 3.14. The minimum absolute atomic E-state index is 0.449. The van der Waals surface area contributed by atoms with E-state index in [2.05, 4.69) is 164 Å². The van der Waals surface area contributed by atoms with Crippen LogP contribution in [0.1, 0.15) is 22.3 Å². The highest BCUT2D eigenvalue weighted by molar-refractivity contribution is 6.13. The van der Waals surface area contributed by atoms with Gasteiger partial charge in [0.15, 0.2) is 0 Å². The Bertz CT molecular complexity index is 2970. The van der Waals surface area contributed by atoms with Crippen LogP contribution < -0.4 is 4.74 Å². The molecule has 50 heavy (non-hydrogen) atoms. The van der Waals surface area contributed by atoms with Gasteiger partial charge in [0.25, 0.3) is 0 Å². The highest BCUT2D eigenvalue weighted by atomic mass is 16.5. The number of hydrogen-bond acceptors (Lipinski definition) is 1. The first-order valence-corrected chi connectivity index (χ1v) is 17.4. The van der Waals surface area contributed by atoms with Crippen LogP contribution in [0.5, 0.6) is 11.5 Å². The Balaban J connectivity index is 1.21. The normalized spacial score (nSPS) is 15.8. The zero-order chi connectivity index (χ0) is 32.6. The van der Waals surface area contributed by atoms with Crippen LogP contribution in [0.4, 0.5) is 0 Å². The Hall–Kier alpha value is -6.44. The van der Waals surface area contributed by atoms with Gasteiger partial charge < -0.3 is 4.74 Å². The average molecular weight is 633 g/mol. The second-order valence-corrected chi connectivity index (χ2v) is 13.9. The van der Waals surface area contributed by atoms with Crippen molar-refractivity contribution in [3.05, 3.63) is 192 Å². The summed E-state index contributed by atoms with van der Waals surface area (Å²) >= 11 is 0. The first kappa shape index (κ1) is 26.5. The fourth-order valence-corrected chi connectivity index (χ4v) is 9.73. The maximum Gasteiger partial charge on any atom is 0.135 e. The number of rotatable bonds is 1. The van der Waals surface area contributed by atoms with Gasteiger partial charge in [-0.15, -0.1) is 0 Å². The van der Waals surface area contributed by atoms with E-state index < -0.39 is 5.41 Å². The lowest BCUT2D eigenvalue weighted by atomic mass is 9.70. The fraction of sp³-hybridized carbons (Fsp3) is 0.0204. The third-order valence-electron chi connectivity index (χ3n) is 11.7.